The van der Waals surface area contributed by atoms with Crippen molar-refractivity contribution >= 4 is 0 Å². The number of nitrogens with one attached hydrogen (secondary N) is 2. The quantitative estimate of drug-likeness (QED) is 0.588. The third-order valence-corrected chi connectivity index (χ3v) is 2.76. The lowest BCUT2D eigenvalue weighted by atomic mass is 10.0. The Morgan fingerprint density at radius 3 is 2.50 bits per heavy atom. The SMILES string of the molecule is CNCCNCCC1CCCC1. The maximum Gasteiger partial charge on any atom is 0.00766 e. The van der Waals surface area contributed by atoms with Gasteiger partial charge in [-0.25, -0.2) is 0 Å². The standard InChI is InChI=1S/C10H22N2/c1-11-8-9-12-7-6-10-4-2-3-5-10/h10-12H,2-9H2,1H3. The van der Waals surface area contributed by atoms with Crippen LogP contribution in [-0.2, 0) is 0 Å². The predicted molar refractivity (Wildman–Crippen MR) is 53.4 cm³/mol. The normalized spacial score (nSPS) is 18.8. The van der Waals surface area contributed by atoms with Crippen molar-refractivity contribution in [3.05, 3.63) is 0 Å². The highest BCUT2D eigenvalue weighted by molar-refractivity contribution is 4.68. The number of rotatable bonds is 6. The maximum atomic E-state index is 3.45. The summed E-state index contributed by atoms with van der Waals surface area (Å²) in [7, 11) is 2.00. The van der Waals surface area contributed by atoms with E-state index in [4.69, 9.17) is 0 Å². The van der Waals surface area contributed by atoms with Crippen LogP contribution in [0.25, 0.3) is 0 Å². The highest BCUT2D eigenvalue weighted by Gasteiger charge is 2.13. The van der Waals surface area contributed by atoms with Crippen LogP contribution in [0.1, 0.15) is 32.1 Å². The Morgan fingerprint density at radius 1 is 1.08 bits per heavy atom. The van der Waals surface area contributed by atoms with Gasteiger partial charge in [-0.1, -0.05) is 25.7 Å². The molecule has 0 aliphatic heterocycles. The fourth-order valence-corrected chi connectivity index (χ4v) is 1.94. The summed E-state index contributed by atoms with van der Waals surface area (Å²) in [4.78, 5) is 0. The van der Waals surface area contributed by atoms with Crippen LogP contribution in [0.5, 0.6) is 0 Å². The van der Waals surface area contributed by atoms with Gasteiger partial charge in [0.25, 0.3) is 0 Å². The molecule has 0 bridgehead atoms. The first-order valence-corrected chi connectivity index (χ1v) is 5.29. The lowest BCUT2D eigenvalue weighted by molar-refractivity contribution is 0.477. The lowest BCUT2D eigenvalue weighted by Gasteiger charge is -2.09. The predicted octanol–water partition coefficient (Wildman–Crippen LogP) is 1.38. The summed E-state index contributed by atoms with van der Waals surface area (Å²) < 4.78 is 0. The minimum Gasteiger partial charge on any atom is -0.318 e. The molecule has 1 aliphatic rings. The lowest BCUT2D eigenvalue weighted by Crippen LogP contribution is -2.26. The number of likely N-dealkylation sites (N-methyl/N-ethyl adjacent to an activating group) is 1. The molecule has 0 radical (unpaired) electrons. The summed E-state index contributed by atoms with van der Waals surface area (Å²) in [5.74, 6) is 1.03. The van der Waals surface area contributed by atoms with Crippen molar-refractivity contribution in [1.82, 2.24) is 10.6 Å². The van der Waals surface area contributed by atoms with E-state index in [9.17, 15) is 0 Å². The summed E-state index contributed by atoms with van der Waals surface area (Å²) in [6.45, 7) is 3.42. The topological polar surface area (TPSA) is 24.1 Å². The van der Waals surface area contributed by atoms with E-state index in [-0.39, 0.29) is 0 Å². The third-order valence-electron chi connectivity index (χ3n) is 2.76. The maximum absolute atomic E-state index is 3.45. The van der Waals surface area contributed by atoms with E-state index in [2.05, 4.69) is 10.6 Å². The summed E-state index contributed by atoms with van der Waals surface area (Å²) >= 11 is 0. The zero-order valence-electron chi connectivity index (χ0n) is 8.23. The van der Waals surface area contributed by atoms with Crippen LogP contribution in [0.15, 0.2) is 0 Å². The van der Waals surface area contributed by atoms with Crippen molar-refractivity contribution in [1.29, 1.82) is 0 Å². The molecule has 2 heteroatoms. The van der Waals surface area contributed by atoms with Crippen molar-refractivity contribution < 1.29 is 0 Å². The minimum atomic E-state index is 1.03. The molecule has 0 atom stereocenters. The van der Waals surface area contributed by atoms with E-state index in [0.717, 1.165) is 19.0 Å². The fraction of sp³-hybridized carbons (Fsp3) is 1.00. The van der Waals surface area contributed by atoms with E-state index in [1.54, 1.807) is 0 Å². The van der Waals surface area contributed by atoms with Crippen molar-refractivity contribution in [2.24, 2.45) is 5.92 Å². The van der Waals surface area contributed by atoms with E-state index in [1.807, 2.05) is 7.05 Å². The van der Waals surface area contributed by atoms with Crippen molar-refractivity contribution in [3.8, 4) is 0 Å². The van der Waals surface area contributed by atoms with Gasteiger partial charge in [-0.3, -0.25) is 0 Å². The monoisotopic (exact) mass is 170 g/mol. The molecule has 72 valence electrons. The smallest absolute Gasteiger partial charge is 0.00766 e. The van der Waals surface area contributed by atoms with Gasteiger partial charge in [0.05, 0.1) is 0 Å². The average molecular weight is 170 g/mol. The second-order valence-electron chi connectivity index (χ2n) is 3.79. The van der Waals surface area contributed by atoms with Gasteiger partial charge >= 0.3 is 0 Å². The van der Waals surface area contributed by atoms with Crippen LogP contribution in [0.4, 0.5) is 0 Å². The zero-order chi connectivity index (χ0) is 8.65. The van der Waals surface area contributed by atoms with Crippen LogP contribution in [0.3, 0.4) is 0 Å². The summed E-state index contributed by atoms with van der Waals surface area (Å²) in [6.07, 6.45) is 7.30. The fourth-order valence-electron chi connectivity index (χ4n) is 1.94. The Hall–Kier alpha value is -0.0800. The van der Waals surface area contributed by atoms with Gasteiger partial charge in [-0.2, -0.15) is 0 Å². The molecule has 1 aliphatic carbocycles. The average Bonchev–Trinajstić information content (AvgIpc) is 2.57. The number of hydrogen-bond acceptors (Lipinski definition) is 2. The van der Waals surface area contributed by atoms with Crippen molar-refractivity contribution in [2.75, 3.05) is 26.7 Å². The van der Waals surface area contributed by atoms with E-state index < -0.39 is 0 Å². The molecule has 0 aromatic rings. The zero-order valence-corrected chi connectivity index (χ0v) is 8.23. The van der Waals surface area contributed by atoms with E-state index in [0.29, 0.717) is 0 Å². The number of hydrogen-bond donors (Lipinski definition) is 2. The molecule has 2 N–H and O–H groups in total. The first kappa shape index (κ1) is 10.0. The van der Waals surface area contributed by atoms with Crippen LogP contribution in [-0.4, -0.2) is 26.7 Å². The molecule has 12 heavy (non-hydrogen) atoms. The first-order valence-electron chi connectivity index (χ1n) is 5.29. The van der Waals surface area contributed by atoms with Gasteiger partial charge in [-0.15, -0.1) is 0 Å². The van der Waals surface area contributed by atoms with E-state index in [1.165, 1.54) is 38.6 Å². The molecule has 1 fully saturated rings. The largest absolute Gasteiger partial charge is 0.318 e. The van der Waals surface area contributed by atoms with Crippen LogP contribution < -0.4 is 10.6 Å². The molecule has 0 amide bonds. The molecule has 0 saturated heterocycles. The highest BCUT2D eigenvalue weighted by Crippen LogP contribution is 2.26. The Labute approximate surface area is 76.1 Å². The van der Waals surface area contributed by atoms with Gasteiger partial charge in [0.2, 0.25) is 0 Å². The van der Waals surface area contributed by atoms with Gasteiger partial charge in [0, 0.05) is 13.1 Å². The molecule has 0 aromatic heterocycles. The Morgan fingerprint density at radius 2 is 1.83 bits per heavy atom. The van der Waals surface area contributed by atoms with Gasteiger partial charge in [0.15, 0.2) is 0 Å². The Kier molecular flexibility index (Phi) is 5.37. The molecule has 0 heterocycles. The minimum absolute atomic E-state index is 1.03. The summed E-state index contributed by atoms with van der Waals surface area (Å²) in [5.41, 5.74) is 0. The van der Waals surface area contributed by atoms with Gasteiger partial charge in [-0.05, 0) is 25.9 Å². The van der Waals surface area contributed by atoms with Crippen LogP contribution in [0.2, 0.25) is 0 Å². The summed E-state index contributed by atoms with van der Waals surface area (Å²) in [6, 6.07) is 0. The van der Waals surface area contributed by atoms with Gasteiger partial charge < -0.3 is 10.6 Å². The summed E-state index contributed by atoms with van der Waals surface area (Å²) in [5, 5.41) is 6.58. The molecular weight excluding hydrogens is 148 g/mol. The van der Waals surface area contributed by atoms with E-state index >= 15 is 0 Å². The molecule has 0 spiro atoms. The molecule has 1 saturated carbocycles. The highest BCUT2D eigenvalue weighted by atomic mass is 14.9. The second kappa shape index (κ2) is 6.44. The molecular formula is C10H22N2. The molecule has 1 rings (SSSR count). The molecule has 0 unspecified atom stereocenters. The first-order chi connectivity index (χ1) is 5.93. The van der Waals surface area contributed by atoms with Gasteiger partial charge in [0.1, 0.15) is 0 Å². The van der Waals surface area contributed by atoms with Crippen molar-refractivity contribution in [3.63, 3.8) is 0 Å². The molecule has 0 aromatic carbocycles. The van der Waals surface area contributed by atoms with Crippen LogP contribution in [0, 0.1) is 5.92 Å². The second-order valence-corrected chi connectivity index (χ2v) is 3.79. The Bertz CT molecular complexity index is 98.0. The van der Waals surface area contributed by atoms with Crippen LogP contribution >= 0.6 is 0 Å². The van der Waals surface area contributed by atoms with Crippen molar-refractivity contribution in [2.45, 2.75) is 32.1 Å². The Balaban J connectivity index is 1.81. The third kappa shape index (κ3) is 4.07. The molecule has 2 nitrogen and oxygen atoms in total.